The number of hydrogen-bond acceptors (Lipinski definition) is 3. The van der Waals surface area contributed by atoms with Gasteiger partial charge in [0.15, 0.2) is 0 Å². The molecule has 2 rings (SSSR count). The van der Waals surface area contributed by atoms with Crippen molar-refractivity contribution in [3.63, 3.8) is 0 Å². The van der Waals surface area contributed by atoms with E-state index in [2.05, 4.69) is 12.6 Å². The molecule has 2 nitrogen and oxygen atoms in total. The highest BCUT2D eigenvalue weighted by Crippen LogP contribution is 2.62. The fourth-order valence-electron chi connectivity index (χ4n) is 3.02. The maximum atomic E-state index is 11.7. The van der Waals surface area contributed by atoms with E-state index in [9.17, 15) is 9.59 Å². The van der Waals surface area contributed by atoms with Crippen LogP contribution in [0.5, 0.6) is 0 Å². The van der Waals surface area contributed by atoms with Crippen molar-refractivity contribution in [2.45, 2.75) is 26.7 Å². The van der Waals surface area contributed by atoms with Crippen LogP contribution < -0.4 is 0 Å². The third-order valence-corrected chi connectivity index (χ3v) is 4.75. The number of hydrogen-bond donors (Lipinski definition) is 1. The Kier molecular flexibility index (Phi) is 1.69. The van der Waals surface area contributed by atoms with Crippen LogP contribution in [-0.4, -0.2) is 17.3 Å². The molecule has 0 aliphatic heterocycles. The van der Waals surface area contributed by atoms with E-state index in [4.69, 9.17) is 0 Å². The predicted octanol–water partition coefficient (Wildman–Crippen LogP) is 1.49. The highest BCUT2D eigenvalue weighted by molar-refractivity contribution is 7.80. The molecule has 0 amide bonds. The standard InChI is InChI=1S/C10H14O2S/c1-9(2)6-3-4-10(9,5-13)8(12)7(6)11/h6,13H,3-5H2,1-2H3. The van der Waals surface area contributed by atoms with E-state index in [0.717, 1.165) is 12.8 Å². The van der Waals surface area contributed by atoms with Gasteiger partial charge in [0, 0.05) is 11.7 Å². The van der Waals surface area contributed by atoms with Gasteiger partial charge in [0.1, 0.15) is 0 Å². The Morgan fingerprint density at radius 1 is 1.46 bits per heavy atom. The monoisotopic (exact) mass is 198 g/mol. The van der Waals surface area contributed by atoms with Crippen LogP contribution in [0.15, 0.2) is 0 Å². The molecule has 0 aromatic heterocycles. The molecule has 0 N–H and O–H groups in total. The zero-order valence-corrected chi connectivity index (χ0v) is 8.86. The minimum Gasteiger partial charge on any atom is -0.291 e. The van der Waals surface area contributed by atoms with Crippen molar-refractivity contribution in [1.82, 2.24) is 0 Å². The summed E-state index contributed by atoms with van der Waals surface area (Å²) in [5.41, 5.74) is -0.610. The minimum absolute atomic E-state index is 0.0350. The number of Topliss-reactive ketones (excluding diaryl/α,β-unsaturated/α-hetero) is 2. The van der Waals surface area contributed by atoms with E-state index in [0.29, 0.717) is 5.75 Å². The van der Waals surface area contributed by atoms with Gasteiger partial charge >= 0.3 is 0 Å². The van der Waals surface area contributed by atoms with Gasteiger partial charge in [0.05, 0.1) is 5.41 Å². The first kappa shape index (κ1) is 9.25. The molecule has 2 aliphatic carbocycles. The summed E-state index contributed by atoms with van der Waals surface area (Å²) in [6.07, 6.45) is 1.72. The summed E-state index contributed by atoms with van der Waals surface area (Å²) in [6.45, 7) is 4.06. The molecule has 2 unspecified atom stereocenters. The lowest BCUT2D eigenvalue weighted by atomic mass is 9.70. The van der Waals surface area contributed by atoms with E-state index in [1.807, 2.05) is 13.8 Å². The van der Waals surface area contributed by atoms with Crippen LogP contribution >= 0.6 is 12.6 Å². The van der Waals surface area contributed by atoms with Gasteiger partial charge in [-0.1, -0.05) is 13.8 Å². The Labute approximate surface area is 83.5 Å². The Morgan fingerprint density at radius 2 is 2.08 bits per heavy atom. The summed E-state index contributed by atoms with van der Waals surface area (Å²) in [5.74, 6) is 0.169. The van der Waals surface area contributed by atoms with E-state index in [-0.39, 0.29) is 22.9 Å². The summed E-state index contributed by atoms with van der Waals surface area (Å²) in [4.78, 5) is 23.3. The van der Waals surface area contributed by atoms with Gasteiger partial charge in [-0.3, -0.25) is 9.59 Å². The first-order valence-electron chi connectivity index (χ1n) is 4.67. The summed E-state index contributed by atoms with van der Waals surface area (Å²) in [6, 6.07) is 0. The average Bonchev–Trinajstić information content (AvgIpc) is 2.41. The average molecular weight is 198 g/mol. The Balaban J connectivity index is 2.56. The van der Waals surface area contributed by atoms with Gasteiger partial charge in [-0.2, -0.15) is 12.6 Å². The molecule has 0 aromatic carbocycles. The Hall–Kier alpha value is -0.310. The van der Waals surface area contributed by atoms with Gasteiger partial charge < -0.3 is 0 Å². The van der Waals surface area contributed by atoms with Crippen molar-refractivity contribution in [2.75, 3.05) is 5.75 Å². The molecule has 2 fully saturated rings. The van der Waals surface area contributed by atoms with Gasteiger partial charge in [-0.05, 0) is 18.3 Å². The molecule has 2 bridgehead atoms. The van der Waals surface area contributed by atoms with Crippen molar-refractivity contribution < 1.29 is 9.59 Å². The van der Waals surface area contributed by atoms with Crippen LogP contribution in [0.4, 0.5) is 0 Å². The normalized spacial score (nSPS) is 41.6. The first-order chi connectivity index (χ1) is 5.97. The summed E-state index contributed by atoms with van der Waals surface area (Å²) in [5, 5.41) is 0. The third-order valence-electron chi connectivity index (χ3n) is 4.21. The quantitative estimate of drug-likeness (QED) is 0.511. The van der Waals surface area contributed by atoms with Crippen LogP contribution in [0.2, 0.25) is 0 Å². The number of fused-ring (bicyclic) bond motifs is 2. The van der Waals surface area contributed by atoms with Gasteiger partial charge in [-0.15, -0.1) is 0 Å². The molecular formula is C10H14O2S. The zero-order chi connectivity index (χ0) is 9.85. The molecule has 0 heterocycles. The second-order valence-electron chi connectivity index (χ2n) is 4.75. The van der Waals surface area contributed by atoms with E-state index < -0.39 is 5.41 Å². The lowest BCUT2D eigenvalue weighted by molar-refractivity contribution is -0.141. The molecule has 0 spiro atoms. The predicted molar refractivity (Wildman–Crippen MR) is 52.8 cm³/mol. The second kappa shape index (κ2) is 2.38. The third kappa shape index (κ3) is 0.773. The van der Waals surface area contributed by atoms with Crippen LogP contribution in [0.25, 0.3) is 0 Å². The van der Waals surface area contributed by atoms with Crippen LogP contribution in [0.3, 0.4) is 0 Å². The van der Waals surface area contributed by atoms with Crippen molar-refractivity contribution in [3.8, 4) is 0 Å². The van der Waals surface area contributed by atoms with Crippen molar-refractivity contribution in [2.24, 2.45) is 16.7 Å². The maximum absolute atomic E-state index is 11.7. The lowest BCUT2D eigenvalue weighted by Crippen LogP contribution is -2.38. The molecule has 2 atom stereocenters. The largest absolute Gasteiger partial charge is 0.291 e. The second-order valence-corrected chi connectivity index (χ2v) is 5.06. The molecular weight excluding hydrogens is 184 g/mol. The molecule has 2 saturated carbocycles. The fourth-order valence-corrected chi connectivity index (χ4v) is 3.73. The van der Waals surface area contributed by atoms with E-state index in [1.165, 1.54) is 0 Å². The molecule has 72 valence electrons. The Morgan fingerprint density at radius 3 is 2.38 bits per heavy atom. The number of thiol groups is 1. The molecule has 0 aromatic rings. The number of rotatable bonds is 1. The fraction of sp³-hybridized carbons (Fsp3) is 0.800. The Bertz CT molecular complexity index is 295. The summed E-state index contributed by atoms with van der Waals surface area (Å²) < 4.78 is 0. The molecule has 2 aliphatic rings. The van der Waals surface area contributed by atoms with E-state index >= 15 is 0 Å². The maximum Gasteiger partial charge on any atom is 0.206 e. The van der Waals surface area contributed by atoms with Crippen LogP contribution in [0, 0.1) is 16.7 Å². The highest BCUT2D eigenvalue weighted by atomic mass is 32.1. The zero-order valence-electron chi connectivity index (χ0n) is 7.96. The van der Waals surface area contributed by atoms with Gasteiger partial charge in [-0.25, -0.2) is 0 Å². The topological polar surface area (TPSA) is 34.1 Å². The molecule has 0 saturated heterocycles. The van der Waals surface area contributed by atoms with Crippen LogP contribution in [0.1, 0.15) is 26.7 Å². The summed E-state index contributed by atoms with van der Waals surface area (Å²) in [7, 11) is 0. The summed E-state index contributed by atoms with van der Waals surface area (Å²) >= 11 is 4.25. The SMILES string of the molecule is CC1(C)C2CCC1(CS)C(=O)C2=O. The first-order valence-corrected chi connectivity index (χ1v) is 5.30. The van der Waals surface area contributed by atoms with Crippen molar-refractivity contribution in [3.05, 3.63) is 0 Å². The highest BCUT2D eigenvalue weighted by Gasteiger charge is 2.68. The number of carbonyl (C=O) groups is 2. The van der Waals surface area contributed by atoms with E-state index in [1.54, 1.807) is 0 Å². The van der Waals surface area contributed by atoms with Crippen molar-refractivity contribution in [1.29, 1.82) is 0 Å². The molecule has 13 heavy (non-hydrogen) atoms. The smallest absolute Gasteiger partial charge is 0.206 e. The minimum atomic E-state index is -0.447. The molecule has 3 heteroatoms. The lowest BCUT2D eigenvalue weighted by Gasteiger charge is -2.33. The van der Waals surface area contributed by atoms with Crippen molar-refractivity contribution >= 4 is 24.2 Å². The number of ketones is 2. The van der Waals surface area contributed by atoms with Gasteiger partial charge in [0.25, 0.3) is 0 Å². The van der Waals surface area contributed by atoms with Crippen LogP contribution in [-0.2, 0) is 9.59 Å². The van der Waals surface area contributed by atoms with Gasteiger partial charge in [0.2, 0.25) is 11.6 Å². The molecule has 0 radical (unpaired) electrons. The number of carbonyl (C=O) groups excluding carboxylic acids is 2.